The predicted octanol–water partition coefficient (Wildman–Crippen LogP) is 4.75. The van der Waals surface area contributed by atoms with Gasteiger partial charge in [-0.2, -0.15) is 0 Å². The summed E-state index contributed by atoms with van der Waals surface area (Å²) in [5, 5.41) is 5.64. The highest BCUT2D eigenvalue weighted by atomic mass is 79.9. The number of carbonyl (C=O) groups is 1. The third-order valence-corrected chi connectivity index (χ3v) is 4.76. The van der Waals surface area contributed by atoms with E-state index in [0.717, 1.165) is 9.35 Å². The van der Waals surface area contributed by atoms with E-state index in [1.54, 1.807) is 29.5 Å². The van der Waals surface area contributed by atoms with E-state index in [2.05, 4.69) is 21.2 Å². The summed E-state index contributed by atoms with van der Waals surface area (Å²) in [4.78, 5) is 13.0. The Kier molecular flexibility index (Phi) is 4.67. The van der Waals surface area contributed by atoms with Crippen LogP contribution in [0.3, 0.4) is 0 Å². The number of nitrogens with one attached hydrogen (secondary N) is 1. The number of rotatable bonds is 3. The molecule has 1 amide bonds. The molecule has 1 aromatic heterocycles. The first-order valence-electron chi connectivity index (χ1n) is 5.03. The van der Waals surface area contributed by atoms with Crippen LogP contribution in [0.15, 0.2) is 34.1 Å². The fraction of sp³-hybridized carbons (Fsp3) is 0.0833. The molecule has 0 aliphatic rings. The zero-order valence-corrected chi connectivity index (χ0v) is 13.0. The van der Waals surface area contributed by atoms with Gasteiger partial charge in [0, 0.05) is 14.4 Å². The monoisotopic (exact) mass is 363 g/mol. The fourth-order valence-electron chi connectivity index (χ4n) is 1.38. The molecule has 1 heterocycles. The van der Waals surface area contributed by atoms with Gasteiger partial charge in [-0.15, -0.1) is 11.3 Å². The van der Waals surface area contributed by atoms with E-state index in [0.29, 0.717) is 22.2 Å². The Labute approximate surface area is 127 Å². The summed E-state index contributed by atoms with van der Waals surface area (Å²) >= 11 is 16.8. The molecular formula is C12H8BrCl2NOS. The van der Waals surface area contributed by atoms with Crippen LogP contribution in [0.2, 0.25) is 10.0 Å². The molecule has 1 aromatic carbocycles. The Bertz CT molecular complexity index is 585. The van der Waals surface area contributed by atoms with Crippen molar-refractivity contribution in [3.63, 3.8) is 0 Å². The van der Waals surface area contributed by atoms with Gasteiger partial charge in [0.2, 0.25) is 0 Å². The second-order valence-electron chi connectivity index (χ2n) is 3.50. The zero-order valence-electron chi connectivity index (χ0n) is 9.04. The number of carbonyl (C=O) groups excluding carboxylic acids is 1. The van der Waals surface area contributed by atoms with E-state index in [1.807, 2.05) is 11.4 Å². The van der Waals surface area contributed by atoms with E-state index in [1.165, 1.54) is 0 Å². The van der Waals surface area contributed by atoms with Crippen molar-refractivity contribution in [2.75, 3.05) is 0 Å². The van der Waals surface area contributed by atoms with Gasteiger partial charge in [-0.05, 0) is 45.6 Å². The van der Waals surface area contributed by atoms with Crippen molar-refractivity contribution in [1.82, 2.24) is 5.32 Å². The molecule has 0 spiro atoms. The van der Waals surface area contributed by atoms with E-state index < -0.39 is 0 Å². The van der Waals surface area contributed by atoms with E-state index in [4.69, 9.17) is 23.2 Å². The maximum atomic E-state index is 12.0. The van der Waals surface area contributed by atoms with Gasteiger partial charge in [-0.1, -0.05) is 23.2 Å². The van der Waals surface area contributed by atoms with Crippen LogP contribution < -0.4 is 5.32 Å². The molecule has 18 heavy (non-hydrogen) atoms. The topological polar surface area (TPSA) is 29.1 Å². The van der Waals surface area contributed by atoms with Crippen LogP contribution in [-0.4, -0.2) is 5.91 Å². The van der Waals surface area contributed by atoms with Crippen molar-refractivity contribution in [3.8, 4) is 0 Å². The summed E-state index contributed by atoms with van der Waals surface area (Å²) in [5.74, 6) is -0.234. The first kappa shape index (κ1) is 13.9. The Morgan fingerprint density at radius 3 is 2.78 bits per heavy atom. The molecule has 0 fully saturated rings. The summed E-state index contributed by atoms with van der Waals surface area (Å²) in [6, 6.07) is 6.76. The molecule has 0 unspecified atom stereocenters. The minimum atomic E-state index is -0.234. The Hall–Kier alpha value is -0.550. The SMILES string of the molecule is O=C(NCc1sccc1Br)c1cc(Cl)ccc1Cl. The maximum absolute atomic E-state index is 12.0. The molecule has 0 saturated carbocycles. The van der Waals surface area contributed by atoms with Gasteiger partial charge >= 0.3 is 0 Å². The van der Waals surface area contributed by atoms with Crippen LogP contribution in [0.1, 0.15) is 15.2 Å². The van der Waals surface area contributed by atoms with Crippen molar-refractivity contribution < 1.29 is 4.79 Å². The van der Waals surface area contributed by atoms with Crippen LogP contribution >= 0.6 is 50.5 Å². The molecule has 2 nitrogen and oxygen atoms in total. The second kappa shape index (κ2) is 6.06. The molecule has 94 valence electrons. The Morgan fingerprint density at radius 1 is 1.33 bits per heavy atom. The van der Waals surface area contributed by atoms with Crippen molar-refractivity contribution >= 4 is 56.4 Å². The van der Waals surface area contributed by atoms with E-state index in [9.17, 15) is 4.79 Å². The van der Waals surface area contributed by atoms with Gasteiger partial charge < -0.3 is 5.32 Å². The van der Waals surface area contributed by atoms with Gasteiger partial charge in [0.25, 0.3) is 5.91 Å². The Balaban J connectivity index is 2.08. The number of amides is 1. The average Bonchev–Trinajstić information content (AvgIpc) is 2.75. The molecular weight excluding hydrogens is 357 g/mol. The first-order chi connectivity index (χ1) is 8.58. The highest BCUT2D eigenvalue weighted by Crippen LogP contribution is 2.23. The lowest BCUT2D eigenvalue weighted by Gasteiger charge is -2.06. The molecule has 6 heteroatoms. The predicted molar refractivity (Wildman–Crippen MR) is 79.7 cm³/mol. The summed E-state index contributed by atoms with van der Waals surface area (Å²) in [6.45, 7) is 0.458. The maximum Gasteiger partial charge on any atom is 0.253 e. The lowest BCUT2D eigenvalue weighted by atomic mass is 10.2. The van der Waals surface area contributed by atoms with E-state index >= 15 is 0 Å². The molecule has 0 atom stereocenters. The summed E-state index contributed by atoms with van der Waals surface area (Å²) < 4.78 is 0.991. The number of hydrogen-bond acceptors (Lipinski definition) is 2. The third kappa shape index (κ3) is 3.26. The highest BCUT2D eigenvalue weighted by molar-refractivity contribution is 9.10. The van der Waals surface area contributed by atoms with Crippen molar-refractivity contribution in [2.24, 2.45) is 0 Å². The van der Waals surface area contributed by atoms with Crippen LogP contribution in [0.25, 0.3) is 0 Å². The van der Waals surface area contributed by atoms with Crippen molar-refractivity contribution in [3.05, 3.63) is 54.6 Å². The smallest absolute Gasteiger partial charge is 0.253 e. The first-order valence-corrected chi connectivity index (χ1v) is 7.46. The van der Waals surface area contributed by atoms with Gasteiger partial charge in [0.05, 0.1) is 17.1 Å². The molecule has 0 aliphatic carbocycles. The molecule has 2 rings (SSSR count). The molecule has 2 aromatic rings. The van der Waals surface area contributed by atoms with Gasteiger partial charge in [-0.25, -0.2) is 0 Å². The summed E-state index contributed by atoms with van der Waals surface area (Å²) in [6.07, 6.45) is 0. The average molecular weight is 365 g/mol. The molecule has 0 saturated heterocycles. The van der Waals surface area contributed by atoms with Crippen molar-refractivity contribution in [2.45, 2.75) is 6.54 Å². The lowest BCUT2D eigenvalue weighted by molar-refractivity contribution is 0.0951. The fourth-order valence-corrected chi connectivity index (χ4v) is 3.19. The summed E-state index contributed by atoms with van der Waals surface area (Å²) in [5.41, 5.74) is 0.386. The largest absolute Gasteiger partial charge is 0.347 e. The standard InChI is InChI=1S/C12H8BrCl2NOS/c13-9-3-4-18-11(9)6-16-12(17)8-5-7(14)1-2-10(8)15/h1-5H,6H2,(H,16,17). The lowest BCUT2D eigenvalue weighted by Crippen LogP contribution is -2.22. The van der Waals surface area contributed by atoms with Gasteiger partial charge in [0.15, 0.2) is 0 Å². The Morgan fingerprint density at radius 2 is 2.11 bits per heavy atom. The quantitative estimate of drug-likeness (QED) is 0.836. The molecule has 0 radical (unpaired) electrons. The number of hydrogen-bond donors (Lipinski definition) is 1. The van der Waals surface area contributed by atoms with Crippen molar-refractivity contribution in [1.29, 1.82) is 0 Å². The van der Waals surface area contributed by atoms with Gasteiger partial charge in [-0.3, -0.25) is 4.79 Å². The highest BCUT2D eigenvalue weighted by Gasteiger charge is 2.11. The minimum absolute atomic E-state index is 0.234. The molecule has 0 aliphatic heterocycles. The summed E-state index contributed by atoms with van der Waals surface area (Å²) in [7, 11) is 0. The normalized spacial score (nSPS) is 10.4. The van der Waals surface area contributed by atoms with Gasteiger partial charge in [0.1, 0.15) is 0 Å². The number of thiophene rings is 1. The van der Waals surface area contributed by atoms with E-state index in [-0.39, 0.29) is 5.91 Å². The van der Waals surface area contributed by atoms with Crippen LogP contribution in [0, 0.1) is 0 Å². The molecule has 1 N–H and O–H groups in total. The zero-order chi connectivity index (χ0) is 13.1. The minimum Gasteiger partial charge on any atom is -0.347 e. The third-order valence-electron chi connectivity index (χ3n) is 2.27. The van der Waals surface area contributed by atoms with Crippen LogP contribution in [-0.2, 0) is 6.54 Å². The number of benzene rings is 1. The van der Waals surface area contributed by atoms with Crippen LogP contribution in [0.5, 0.6) is 0 Å². The van der Waals surface area contributed by atoms with Crippen LogP contribution in [0.4, 0.5) is 0 Å². The number of halogens is 3. The second-order valence-corrected chi connectivity index (χ2v) is 6.20. The molecule has 0 bridgehead atoms.